The molecule has 0 saturated carbocycles. The Morgan fingerprint density at radius 1 is 1.04 bits per heavy atom. The van der Waals surface area contributed by atoms with Gasteiger partial charge in [0, 0.05) is 11.8 Å². The molecule has 2 heterocycles. The predicted molar refractivity (Wildman–Crippen MR) is 119 cm³/mol. The molecule has 3 rings (SSSR count). The predicted octanol–water partition coefficient (Wildman–Crippen LogP) is 1.65. The van der Waals surface area contributed by atoms with Crippen LogP contribution in [0.5, 0.6) is 0 Å². The SMILES string of the molecule is BC(B)(c1cnc(-c2ccccc2)cc1C1(B)BC1(C)C)C(C)(C)C. The summed E-state index contributed by atoms with van der Waals surface area (Å²) in [4.78, 5) is 4.88. The molecular weight excluding hydrogens is 297 g/mol. The molecule has 0 N–H and O–H groups in total. The number of hydrogen-bond donors (Lipinski definition) is 0. The lowest BCUT2D eigenvalue weighted by Gasteiger charge is -2.42. The highest BCUT2D eigenvalue weighted by Crippen LogP contribution is 2.62. The van der Waals surface area contributed by atoms with Crippen LogP contribution in [0.3, 0.4) is 0 Å². The van der Waals surface area contributed by atoms with Gasteiger partial charge in [-0.1, -0.05) is 86.3 Å². The van der Waals surface area contributed by atoms with Gasteiger partial charge in [0.2, 0.25) is 0 Å². The maximum absolute atomic E-state index is 4.88. The second-order valence-electron chi connectivity index (χ2n) is 10.2. The van der Waals surface area contributed by atoms with Crippen LogP contribution >= 0.6 is 0 Å². The largest absolute Gasteiger partial charge is 0.256 e. The Balaban J connectivity index is 2.21. The van der Waals surface area contributed by atoms with Crippen molar-refractivity contribution in [2.45, 2.75) is 50.4 Å². The molecule has 1 aliphatic heterocycles. The van der Waals surface area contributed by atoms with Crippen LogP contribution in [0.15, 0.2) is 42.6 Å². The molecule has 0 aliphatic carbocycles. The lowest BCUT2D eigenvalue weighted by Crippen LogP contribution is -2.43. The smallest absolute Gasteiger partial charge is 0.129 e. The van der Waals surface area contributed by atoms with Crippen molar-refractivity contribution < 1.29 is 0 Å². The van der Waals surface area contributed by atoms with Crippen molar-refractivity contribution in [1.82, 2.24) is 4.98 Å². The third-order valence-corrected chi connectivity index (χ3v) is 7.28. The van der Waals surface area contributed by atoms with E-state index in [4.69, 9.17) is 4.98 Å². The summed E-state index contributed by atoms with van der Waals surface area (Å²) in [6, 6.07) is 12.9. The lowest BCUT2D eigenvalue weighted by molar-refractivity contribution is 0.355. The highest BCUT2D eigenvalue weighted by Gasteiger charge is 2.60. The van der Waals surface area contributed by atoms with Crippen LogP contribution in [0.1, 0.15) is 45.7 Å². The summed E-state index contributed by atoms with van der Waals surface area (Å²) in [6.07, 6.45) is 2.16. The summed E-state index contributed by atoms with van der Waals surface area (Å²) in [5, 5.41) is 0.647. The maximum atomic E-state index is 4.88. The molecule has 2 aromatic rings. The van der Waals surface area contributed by atoms with E-state index < -0.39 is 0 Å². The molecule has 1 nitrogen and oxygen atoms in total. The van der Waals surface area contributed by atoms with E-state index >= 15 is 0 Å². The highest BCUT2D eigenvalue weighted by atomic mass is 14.7. The van der Waals surface area contributed by atoms with Crippen molar-refractivity contribution >= 4 is 30.8 Å². The van der Waals surface area contributed by atoms with Crippen LogP contribution in [0, 0.1) is 5.41 Å². The molecule has 126 valence electrons. The number of aromatic nitrogens is 1. The maximum Gasteiger partial charge on any atom is 0.129 e. The van der Waals surface area contributed by atoms with Crippen molar-refractivity contribution in [2.24, 2.45) is 5.41 Å². The topological polar surface area (TPSA) is 12.9 Å². The first-order chi connectivity index (χ1) is 11.4. The van der Waals surface area contributed by atoms with Gasteiger partial charge in [0.15, 0.2) is 0 Å². The summed E-state index contributed by atoms with van der Waals surface area (Å²) < 4.78 is 0. The Bertz CT molecular complexity index is 793. The summed E-state index contributed by atoms with van der Waals surface area (Å²) >= 11 is 0. The van der Waals surface area contributed by atoms with Crippen molar-refractivity contribution in [3.05, 3.63) is 53.7 Å². The molecule has 1 unspecified atom stereocenters. The molecule has 1 atom stereocenters. The second-order valence-corrected chi connectivity index (χ2v) is 10.2. The quantitative estimate of drug-likeness (QED) is 0.782. The molecule has 0 radical (unpaired) electrons. The summed E-state index contributed by atoms with van der Waals surface area (Å²) in [6.45, 7) is 11.8. The third-order valence-electron chi connectivity index (χ3n) is 7.28. The van der Waals surface area contributed by atoms with E-state index in [1.54, 1.807) is 0 Å². The molecule has 1 saturated heterocycles. The van der Waals surface area contributed by atoms with Gasteiger partial charge in [-0.3, -0.25) is 4.98 Å². The van der Waals surface area contributed by atoms with Gasteiger partial charge < -0.3 is 0 Å². The normalized spacial score (nSPS) is 22.3. The van der Waals surface area contributed by atoms with E-state index in [1.165, 1.54) is 24.0 Å². The Hall–Kier alpha value is -1.37. The third kappa shape index (κ3) is 2.90. The zero-order chi connectivity index (χ0) is 18.7. The van der Waals surface area contributed by atoms with Crippen molar-refractivity contribution in [3.8, 4) is 11.3 Å². The van der Waals surface area contributed by atoms with E-state index in [1.807, 2.05) is 0 Å². The Morgan fingerprint density at radius 2 is 1.60 bits per heavy atom. The summed E-state index contributed by atoms with van der Waals surface area (Å²) in [5.74, 6) is 0. The fourth-order valence-electron chi connectivity index (χ4n) is 3.88. The zero-order valence-electron chi connectivity index (χ0n) is 17.2. The lowest BCUT2D eigenvalue weighted by atomic mass is 9.39. The van der Waals surface area contributed by atoms with Crippen molar-refractivity contribution in [2.75, 3.05) is 0 Å². The molecule has 5 heteroatoms. The van der Waals surface area contributed by atoms with E-state index in [9.17, 15) is 0 Å². The van der Waals surface area contributed by atoms with Gasteiger partial charge in [-0.2, -0.15) is 0 Å². The molecule has 1 fully saturated rings. The first-order valence-electron chi connectivity index (χ1n) is 9.47. The zero-order valence-corrected chi connectivity index (χ0v) is 17.2. The Labute approximate surface area is 156 Å². The average molecular weight is 327 g/mol. The highest BCUT2D eigenvalue weighted by molar-refractivity contribution is 6.71. The second kappa shape index (κ2) is 5.56. The van der Waals surface area contributed by atoms with E-state index in [0.29, 0.717) is 5.31 Å². The monoisotopic (exact) mass is 327 g/mol. The number of benzene rings is 1. The minimum Gasteiger partial charge on any atom is -0.256 e. The van der Waals surface area contributed by atoms with Gasteiger partial charge in [-0.05, 0) is 17.0 Å². The van der Waals surface area contributed by atoms with Gasteiger partial charge in [0.1, 0.15) is 30.8 Å². The molecule has 1 aromatic heterocycles. The molecule has 1 aliphatic rings. The molecule has 0 bridgehead atoms. The molecule has 1 aromatic carbocycles. The van der Waals surface area contributed by atoms with Gasteiger partial charge >= 0.3 is 0 Å². The van der Waals surface area contributed by atoms with Crippen molar-refractivity contribution in [1.29, 1.82) is 0 Å². The molecular formula is C20H29B4N. The Kier molecular flexibility index (Phi) is 4.10. The number of nitrogens with zero attached hydrogens (tertiary/aromatic N) is 1. The van der Waals surface area contributed by atoms with Crippen LogP contribution in [0.4, 0.5) is 0 Å². The van der Waals surface area contributed by atoms with Crippen LogP contribution in [0.2, 0.25) is 5.31 Å². The summed E-state index contributed by atoms with van der Waals surface area (Å²) in [5.41, 5.74) is 5.37. The van der Waals surface area contributed by atoms with Crippen LogP contribution < -0.4 is 0 Å². The number of hydrogen-bond acceptors (Lipinski definition) is 1. The van der Waals surface area contributed by atoms with Gasteiger partial charge in [-0.15, -0.1) is 0 Å². The van der Waals surface area contributed by atoms with Crippen LogP contribution in [-0.2, 0) is 10.4 Å². The van der Waals surface area contributed by atoms with E-state index in [-0.39, 0.29) is 15.8 Å². The molecule has 0 amide bonds. The molecule has 25 heavy (non-hydrogen) atoms. The first-order valence-corrected chi connectivity index (χ1v) is 9.47. The van der Waals surface area contributed by atoms with E-state index in [0.717, 1.165) is 5.69 Å². The van der Waals surface area contributed by atoms with Gasteiger partial charge in [-0.25, -0.2) is 0 Å². The number of rotatable bonds is 3. The Morgan fingerprint density at radius 3 is 2.08 bits per heavy atom. The van der Waals surface area contributed by atoms with E-state index in [2.05, 4.69) is 101 Å². The standard InChI is InChI=1S/C20H29B4N/c1-17(2,3)19(21,22)15-12-25-16(13-9-7-6-8-10-13)11-14(15)20(23)18(4,5)24-20/h6-12,24H,21-23H2,1-5H3. The van der Waals surface area contributed by atoms with Crippen LogP contribution in [0.25, 0.3) is 11.3 Å². The average Bonchev–Trinajstić information content (AvgIpc) is 3.06. The summed E-state index contributed by atoms with van der Waals surface area (Å²) in [7, 11) is 8.41. The van der Waals surface area contributed by atoms with Gasteiger partial charge in [0.05, 0.1) is 5.69 Å². The molecule has 0 spiro atoms. The fourth-order valence-corrected chi connectivity index (χ4v) is 3.88. The fraction of sp³-hybridized carbons (Fsp3) is 0.450. The number of pyridine rings is 1. The first kappa shape index (κ1) is 18.4. The van der Waals surface area contributed by atoms with Gasteiger partial charge in [0.25, 0.3) is 0 Å². The van der Waals surface area contributed by atoms with Crippen molar-refractivity contribution in [3.63, 3.8) is 0 Å². The van der Waals surface area contributed by atoms with Crippen LogP contribution in [-0.4, -0.2) is 35.8 Å². The minimum atomic E-state index is 0.0617. The minimum absolute atomic E-state index is 0.0617.